The Morgan fingerprint density at radius 3 is 1.50 bits per heavy atom. The molecule has 8 heteroatoms. The monoisotopic (exact) mass is 277 g/mol. The van der Waals surface area contributed by atoms with Gasteiger partial charge in [-0.2, -0.15) is 0 Å². The van der Waals surface area contributed by atoms with Gasteiger partial charge in [0.2, 0.25) is 0 Å². The van der Waals surface area contributed by atoms with Gasteiger partial charge in [-0.05, 0) is 0 Å². The first kappa shape index (κ1) is 14.6. The summed E-state index contributed by atoms with van der Waals surface area (Å²) in [4.78, 5) is 0. The molecule has 0 aromatic heterocycles. The van der Waals surface area contributed by atoms with Crippen molar-refractivity contribution in [1.82, 2.24) is 0 Å². The Morgan fingerprint density at radius 1 is 0.929 bits per heavy atom. The van der Waals surface area contributed by atoms with Gasteiger partial charge in [0.05, 0.1) is 6.07 Å². The van der Waals surface area contributed by atoms with Crippen LogP contribution in [0.2, 0.25) is 5.02 Å². The maximum absolute atomic E-state index is 12.2. The fraction of sp³-hybridized carbons (Fsp3) is 0. The zero-order chi connectivity index (χ0) is 11.3. The van der Waals surface area contributed by atoms with E-state index in [-0.39, 0.29) is 0 Å². The Balaban J connectivity index is 0.000000500. The Morgan fingerprint density at radius 2 is 1.21 bits per heavy atom. The molecular weight excluding hydrogens is 279 g/mol. The summed E-state index contributed by atoms with van der Waals surface area (Å²) in [6.45, 7) is 0. The van der Waals surface area contributed by atoms with Gasteiger partial charge in [-0.15, -0.1) is 0 Å². The van der Waals surface area contributed by atoms with Crippen LogP contribution in [0.25, 0.3) is 0 Å². The van der Waals surface area contributed by atoms with Crippen molar-refractivity contribution in [1.29, 1.82) is 0 Å². The normalized spacial score (nSPS) is 8.79. The second-order valence-corrected chi connectivity index (χ2v) is 4.80. The van der Waals surface area contributed by atoms with Crippen LogP contribution in [-0.4, -0.2) is 18.2 Å². The van der Waals surface area contributed by atoms with Crippen molar-refractivity contribution in [2.75, 3.05) is 0 Å². The summed E-state index contributed by atoms with van der Waals surface area (Å²) in [7, 11) is 9.81. The van der Waals surface area contributed by atoms with Crippen LogP contribution in [0, 0.1) is 29.3 Å². The molecule has 1 rings (SSSR count). The van der Waals surface area contributed by atoms with E-state index in [4.69, 9.17) is 29.7 Å². The van der Waals surface area contributed by atoms with Crippen LogP contribution in [0.5, 0.6) is 0 Å². The highest BCUT2D eigenvalue weighted by atomic mass is 35.6. The molecule has 0 nitrogen and oxygen atoms in total. The maximum atomic E-state index is 12.2. The van der Waals surface area contributed by atoms with Gasteiger partial charge in [0.25, 0.3) is 0 Å². The first-order valence-corrected chi connectivity index (χ1v) is 7.63. The molecule has 0 amide bonds. The number of rotatable bonds is 0. The molecule has 0 atom stereocenters. The van der Waals surface area contributed by atoms with E-state index in [0.29, 0.717) is 0 Å². The molecule has 1 radical (unpaired) electrons. The van der Waals surface area contributed by atoms with E-state index in [1.54, 1.807) is 0 Å². The summed E-state index contributed by atoms with van der Waals surface area (Å²) in [5, 5.41) is -1.20. The minimum absolute atomic E-state index is 0.639. The number of benzene rings is 1. The third-order valence-corrected chi connectivity index (χ3v) is 1.32. The summed E-state index contributed by atoms with van der Waals surface area (Å²) in [5.74, 6) is -6.53. The summed E-state index contributed by atoms with van der Waals surface area (Å²) in [6.07, 6.45) is 0. The smallest absolute Gasteiger partial charge is 0.309 e. The second-order valence-electron chi connectivity index (χ2n) is 1.80. The topological polar surface area (TPSA) is 0 Å². The second kappa shape index (κ2) is 6.95. The van der Waals surface area contributed by atoms with E-state index in [1.807, 2.05) is 0 Å². The lowest BCUT2D eigenvalue weighted by molar-refractivity contribution is 0.452. The number of hydrogen-bond donors (Lipinski definition) is 0. The van der Waals surface area contributed by atoms with Crippen molar-refractivity contribution in [2.24, 2.45) is 0 Å². The third kappa shape index (κ3) is 3.98. The van der Waals surface area contributed by atoms with Crippen LogP contribution in [0.15, 0.2) is 0 Å². The average Bonchev–Trinajstić information content (AvgIpc) is 2.13. The van der Waals surface area contributed by atoms with E-state index in [2.05, 4.69) is 0 Å². The molecule has 1 aromatic rings. The quantitative estimate of drug-likeness (QED) is 0.294. The minimum Gasteiger partial charge on any atom is -0.309 e. The van der Waals surface area contributed by atoms with Gasteiger partial charge >= 0.3 is 18.2 Å². The highest BCUT2D eigenvalue weighted by molar-refractivity contribution is 7.22. The zero-order valence-electron chi connectivity index (χ0n) is 6.35. The molecule has 0 aliphatic carbocycles. The van der Waals surface area contributed by atoms with Crippen LogP contribution in [-0.2, 0) is 0 Å². The van der Waals surface area contributed by atoms with Crippen molar-refractivity contribution < 1.29 is 17.6 Å². The van der Waals surface area contributed by atoms with Crippen LogP contribution in [0.4, 0.5) is 17.6 Å². The first-order chi connectivity index (χ1) is 6.45. The molecule has 1 aromatic carbocycles. The highest BCUT2D eigenvalue weighted by Crippen LogP contribution is 2.22. The van der Waals surface area contributed by atoms with Crippen molar-refractivity contribution in [3.05, 3.63) is 34.4 Å². The summed E-state index contributed by atoms with van der Waals surface area (Å²) < 4.78 is 48.7. The SMILES string of the molecule is Fc1[c]c(F)c(F)c(Cl)c1F.[Cl][Mg][Cl]. The van der Waals surface area contributed by atoms with Gasteiger partial charge in [0, 0.05) is 0 Å². The van der Waals surface area contributed by atoms with Crippen LogP contribution in [0.1, 0.15) is 0 Å². The van der Waals surface area contributed by atoms with E-state index in [1.165, 1.54) is 6.07 Å². The number of hydrogen-bond acceptors (Lipinski definition) is 0. The van der Waals surface area contributed by atoms with Gasteiger partial charge in [0.15, 0.2) is 23.3 Å². The Labute approximate surface area is 99.4 Å². The molecule has 0 fully saturated rings. The summed E-state index contributed by atoms with van der Waals surface area (Å²) >= 11 is 4.20. The molecule has 14 heavy (non-hydrogen) atoms. The molecule has 0 aliphatic heterocycles. The highest BCUT2D eigenvalue weighted by Gasteiger charge is 2.17. The molecule has 0 aliphatic rings. The molecule has 0 spiro atoms. The van der Waals surface area contributed by atoms with Crippen molar-refractivity contribution in [3.63, 3.8) is 0 Å². The van der Waals surface area contributed by atoms with Crippen LogP contribution >= 0.6 is 29.7 Å². The zero-order valence-corrected chi connectivity index (χ0v) is 10.0. The van der Waals surface area contributed by atoms with Gasteiger partial charge in [-0.25, -0.2) is 17.6 Å². The van der Waals surface area contributed by atoms with Crippen LogP contribution < -0.4 is 0 Å². The summed E-state index contributed by atoms with van der Waals surface area (Å²) in [6, 6.07) is 1.18. The largest absolute Gasteiger partial charge is 0.618 e. The fourth-order valence-electron chi connectivity index (χ4n) is 0.495. The van der Waals surface area contributed by atoms with E-state index >= 15 is 0 Å². The predicted molar refractivity (Wildman–Crippen MR) is 47.6 cm³/mol. The minimum atomic E-state index is -1.63. The summed E-state index contributed by atoms with van der Waals surface area (Å²) in [5.41, 5.74) is 0. The van der Waals surface area contributed by atoms with E-state index in [0.717, 1.165) is 0 Å². The Bertz CT molecular complexity index is 294. The Kier molecular flexibility index (Phi) is 7.24. The van der Waals surface area contributed by atoms with E-state index in [9.17, 15) is 17.6 Å². The van der Waals surface area contributed by atoms with E-state index < -0.39 is 46.5 Å². The molecule has 75 valence electrons. The lowest BCUT2D eigenvalue weighted by atomic mass is 10.3. The third-order valence-electron chi connectivity index (χ3n) is 0.990. The predicted octanol–water partition coefficient (Wildman–Crippen LogP) is 3.69. The molecular formula is C6Cl3F4Mg. The first-order valence-electron chi connectivity index (χ1n) is 2.98. The van der Waals surface area contributed by atoms with Gasteiger partial charge in [0.1, 0.15) is 5.02 Å². The van der Waals surface area contributed by atoms with Gasteiger partial charge < -0.3 is 18.1 Å². The Hall–Kier alpha value is 0.576. The van der Waals surface area contributed by atoms with Crippen molar-refractivity contribution >= 4 is 47.9 Å². The fourth-order valence-corrected chi connectivity index (χ4v) is 0.661. The lowest BCUT2D eigenvalue weighted by Gasteiger charge is -1.97. The molecule has 0 bridgehead atoms. The maximum Gasteiger partial charge on any atom is 0.618 e. The number of halogens is 7. The molecule has 0 unspecified atom stereocenters. The molecule has 0 N–H and O–H groups in total. The molecule has 0 saturated carbocycles. The molecule has 0 heterocycles. The standard InChI is InChI=1S/C6ClF4.2ClH.Mg/c7-4-5(10)2(8)1-3(9)6(4)11;;;/h;2*1H;/q;;;+2/p-2. The van der Waals surface area contributed by atoms with Crippen molar-refractivity contribution in [3.8, 4) is 0 Å². The average molecular weight is 279 g/mol. The molecule has 0 saturated heterocycles. The van der Waals surface area contributed by atoms with Crippen molar-refractivity contribution in [2.45, 2.75) is 0 Å². The van der Waals surface area contributed by atoms with Gasteiger partial charge in [-0.1, -0.05) is 11.6 Å². The lowest BCUT2D eigenvalue weighted by Crippen LogP contribution is -1.94. The van der Waals surface area contributed by atoms with Crippen LogP contribution in [0.3, 0.4) is 0 Å². The van der Waals surface area contributed by atoms with Gasteiger partial charge in [-0.3, -0.25) is 0 Å².